The molecular weight excluding hydrogens is 404 g/mol. The van der Waals surface area contributed by atoms with E-state index in [2.05, 4.69) is 50.9 Å². The highest BCUT2D eigenvalue weighted by Gasteiger charge is 2.19. The van der Waals surface area contributed by atoms with Crippen molar-refractivity contribution in [3.05, 3.63) is 77.1 Å². The number of rotatable bonds is 9. The normalized spacial score (nSPS) is 14.6. The van der Waals surface area contributed by atoms with Gasteiger partial charge >= 0.3 is 0 Å². The van der Waals surface area contributed by atoms with Gasteiger partial charge in [-0.2, -0.15) is 0 Å². The first-order valence-corrected chi connectivity index (χ1v) is 12.1. The summed E-state index contributed by atoms with van der Waals surface area (Å²) in [5, 5.41) is 9.80. The molecule has 0 aliphatic carbocycles. The summed E-state index contributed by atoms with van der Waals surface area (Å²) in [6.07, 6.45) is 4.79. The molecule has 5 nitrogen and oxygen atoms in total. The predicted octanol–water partition coefficient (Wildman–Crippen LogP) is 4.85. The smallest absolute Gasteiger partial charge is 0.192 e. The van der Waals surface area contributed by atoms with Crippen LogP contribution in [0.3, 0.4) is 0 Å². The topological polar surface area (TPSA) is 51.0 Å². The first kappa shape index (κ1) is 21.8. The van der Waals surface area contributed by atoms with Gasteiger partial charge in [-0.15, -0.1) is 10.2 Å². The number of Topliss-reactive ketones (excluding diaryl/α,β-unsaturated/α-hetero) is 1. The quantitative estimate of drug-likeness (QED) is 0.356. The Kier molecular flexibility index (Phi) is 7.54. The number of nitrogens with zero attached hydrogens (tertiary/aromatic N) is 4. The summed E-state index contributed by atoms with van der Waals surface area (Å²) in [7, 11) is 0. The molecule has 1 aliphatic rings. The van der Waals surface area contributed by atoms with Crippen LogP contribution in [0.25, 0.3) is 0 Å². The molecule has 0 radical (unpaired) electrons. The Bertz CT molecular complexity index is 979. The number of carbonyl (C=O) groups excluding carboxylic acids is 1. The number of ketones is 1. The number of aryl methyl sites for hydroxylation is 1. The highest BCUT2D eigenvalue weighted by molar-refractivity contribution is 7.99. The van der Waals surface area contributed by atoms with Crippen LogP contribution in [-0.4, -0.2) is 44.3 Å². The third-order valence-corrected chi connectivity index (χ3v) is 6.77. The van der Waals surface area contributed by atoms with Crippen LogP contribution in [0.2, 0.25) is 0 Å². The van der Waals surface area contributed by atoms with E-state index in [0.29, 0.717) is 5.75 Å². The van der Waals surface area contributed by atoms with Gasteiger partial charge in [-0.3, -0.25) is 9.69 Å². The third kappa shape index (κ3) is 5.83. The van der Waals surface area contributed by atoms with Crippen molar-refractivity contribution < 1.29 is 4.79 Å². The van der Waals surface area contributed by atoms with Gasteiger partial charge in [0, 0.05) is 5.56 Å². The second-order valence-corrected chi connectivity index (χ2v) is 9.01. The van der Waals surface area contributed by atoms with Crippen LogP contribution in [0.15, 0.2) is 59.8 Å². The van der Waals surface area contributed by atoms with Crippen molar-refractivity contribution in [1.29, 1.82) is 0 Å². The molecule has 0 unspecified atom stereocenters. The summed E-state index contributed by atoms with van der Waals surface area (Å²) in [4.78, 5) is 15.2. The molecule has 0 saturated carbocycles. The van der Waals surface area contributed by atoms with Gasteiger partial charge < -0.3 is 4.57 Å². The zero-order valence-electron chi connectivity index (χ0n) is 18.2. The predicted molar refractivity (Wildman–Crippen MR) is 126 cm³/mol. The molecule has 6 heteroatoms. The van der Waals surface area contributed by atoms with Crippen LogP contribution in [0, 0.1) is 0 Å². The highest BCUT2D eigenvalue weighted by Crippen LogP contribution is 2.22. The van der Waals surface area contributed by atoms with Crippen molar-refractivity contribution in [1.82, 2.24) is 19.7 Å². The van der Waals surface area contributed by atoms with E-state index in [4.69, 9.17) is 0 Å². The third-order valence-electron chi connectivity index (χ3n) is 5.81. The van der Waals surface area contributed by atoms with Crippen LogP contribution in [0.1, 0.15) is 53.5 Å². The molecule has 31 heavy (non-hydrogen) atoms. The summed E-state index contributed by atoms with van der Waals surface area (Å²) < 4.78 is 2.18. The second kappa shape index (κ2) is 10.7. The van der Waals surface area contributed by atoms with E-state index >= 15 is 0 Å². The molecule has 2 heterocycles. The number of carbonyl (C=O) groups is 1. The minimum Gasteiger partial charge on any atom is -0.300 e. The minimum absolute atomic E-state index is 0.125. The Hall–Kier alpha value is -2.44. The van der Waals surface area contributed by atoms with Crippen LogP contribution in [0.4, 0.5) is 0 Å². The van der Waals surface area contributed by atoms with Gasteiger partial charge in [-0.1, -0.05) is 79.7 Å². The lowest BCUT2D eigenvalue weighted by atomic mass is 10.1. The standard InChI is InChI=1S/C25H30N4OS/c1-2-20-11-13-22(14-12-20)23(30)19-31-25-27-26-24(18-28-15-7-4-8-16-28)29(25)17-21-9-5-3-6-10-21/h3,5-6,9-14H,2,4,7-8,15-19H2,1H3. The summed E-state index contributed by atoms with van der Waals surface area (Å²) in [5.41, 5.74) is 3.21. The minimum atomic E-state index is 0.125. The number of hydrogen-bond acceptors (Lipinski definition) is 5. The fraction of sp³-hybridized carbons (Fsp3) is 0.400. The highest BCUT2D eigenvalue weighted by atomic mass is 32.2. The Labute approximate surface area is 188 Å². The first-order valence-electron chi connectivity index (χ1n) is 11.2. The molecule has 0 N–H and O–H groups in total. The van der Waals surface area contributed by atoms with E-state index in [1.165, 1.54) is 42.2 Å². The van der Waals surface area contributed by atoms with E-state index < -0.39 is 0 Å². The van der Waals surface area contributed by atoms with Gasteiger partial charge in [0.25, 0.3) is 0 Å². The second-order valence-electron chi connectivity index (χ2n) is 8.07. The molecule has 0 bridgehead atoms. The lowest BCUT2D eigenvalue weighted by Gasteiger charge is -2.26. The average molecular weight is 435 g/mol. The van der Waals surface area contributed by atoms with E-state index in [-0.39, 0.29) is 5.78 Å². The fourth-order valence-corrected chi connectivity index (χ4v) is 4.78. The van der Waals surface area contributed by atoms with Crippen molar-refractivity contribution in [3.8, 4) is 0 Å². The number of thioether (sulfide) groups is 1. The van der Waals surface area contributed by atoms with E-state index in [0.717, 1.165) is 49.1 Å². The number of hydrogen-bond donors (Lipinski definition) is 0. The summed E-state index contributed by atoms with van der Waals surface area (Å²) in [6.45, 7) is 5.89. The molecule has 0 atom stereocenters. The van der Waals surface area contributed by atoms with E-state index in [1.807, 2.05) is 30.3 Å². The zero-order chi connectivity index (χ0) is 21.5. The van der Waals surface area contributed by atoms with E-state index in [1.54, 1.807) is 0 Å². The number of benzene rings is 2. The first-order chi connectivity index (χ1) is 15.2. The molecule has 1 fully saturated rings. The Morgan fingerprint density at radius 2 is 1.65 bits per heavy atom. The summed E-state index contributed by atoms with van der Waals surface area (Å²) in [6, 6.07) is 18.3. The average Bonchev–Trinajstić information content (AvgIpc) is 3.19. The van der Waals surface area contributed by atoms with Crippen molar-refractivity contribution in [2.75, 3.05) is 18.8 Å². The van der Waals surface area contributed by atoms with Gasteiger partial charge in [0.05, 0.1) is 18.8 Å². The molecule has 1 saturated heterocycles. The molecule has 4 rings (SSSR count). The SMILES string of the molecule is CCc1ccc(C(=O)CSc2nnc(CN3CCCCC3)n2Cc2ccccc2)cc1. The van der Waals surface area contributed by atoms with Crippen LogP contribution in [0.5, 0.6) is 0 Å². The summed E-state index contributed by atoms with van der Waals surface area (Å²) >= 11 is 1.48. The van der Waals surface area contributed by atoms with Crippen LogP contribution >= 0.6 is 11.8 Å². The number of aromatic nitrogens is 3. The number of likely N-dealkylation sites (tertiary alicyclic amines) is 1. The largest absolute Gasteiger partial charge is 0.300 e. The molecule has 162 valence electrons. The maximum atomic E-state index is 12.7. The Morgan fingerprint density at radius 1 is 0.903 bits per heavy atom. The van der Waals surface area contributed by atoms with Gasteiger partial charge in [0.1, 0.15) is 5.82 Å². The van der Waals surface area contributed by atoms with Gasteiger partial charge in [-0.05, 0) is 43.5 Å². The van der Waals surface area contributed by atoms with Crippen LogP contribution < -0.4 is 0 Å². The van der Waals surface area contributed by atoms with Gasteiger partial charge in [-0.25, -0.2) is 0 Å². The molecule has 1 aromatic heterocycles. The zero-order valence-corrected chi connectivity index (χ0v) is 19.0. The van der Waals surface area contributed by atoms with Crippen molar-refractivity contribution in [3.63, 3.8) is 0 Å². The fourth-order valence-electron chi connectivity index (χ4n) is 3.92. The number of piperidine rings is 1. The molecule has 2 aromatic carbocycles. The van der Waals surface area contributed by atoms with Crippen molar-refractivity contribution in [2.24, 2.45) is 0 Å². The van der Waals surface area contributed by atoms with E-state index in [9.17, 15) is 4.79 Å². The molecule has 1 aliphatic heterocycles. The Morgan fingerprint density at radius 3 is 2.35 bits per heavy atom. The summed E-state index contributed by atoms with van der Waals surface area (Å²) in [5.74, 6) is 1.47. The van der Waals surface area contributed by atoms with Crippen molar-refractivity contribution >= 4 is 17.5 Å². The molecule has 0 spiro atoms. The lowest BCUT2D eigenvalue weighted by Crippen LogP contribution is -2.30. The maximum Gasteiger partial charge on any atom is 0.192 e. The van der Waals surface area contributed by atoms with Crippen LogP contribution in [-0.2, 0) is 19.5 Å². The molecule has 0 amide bonds. The molecular formula is C25H30N4OS. The Balaban J connectivity index is 1.49. The van der Waals surface area contributed by atoms with Crippen molar-refractivity contribution in [2.45, 2.75) is 50.9 Å². The van der Waals surface area contributed by atoms with Gasteiger partial charge in [0.2, 0.25) is 0 Å². The lowest BCUT2D eigenvalue weighted by molar-refractivity contribution is 0.102. The van der Waals surface area contributed by atoms with Gasteiger partial charge in [0.15, 0.2) is 10.9 Å². The maximum absolute atomic E-state index is 12.7. The monoisotopic (exact) mass is 434 g/mol. The molecule has 3 aromatic rings.